The van der Waals surface area contributed by atoms with Crippen LogP contribution in [-0.4, -0.2) is 40.5 Å². The molecule has 2 unspecified atom stereocenters. The van der Waals surface area contributed by atoms with Crippen molar-refractivity contribution in [3.05, 3.63) is 94.9 Å². The van der Waals surface area contributed by atoms with E-state index in [0.717, 1.165) is 22.4 Å². The normalized spacial score (nSPS) is 14.1. The molecule has 5 N–H and O–H groups in total. The number of nitrogens with zero attached hydrogens (tertiary/aromatic N) is 1. The molecule has 1 aliphatic carbocycles. The van der Waals surface area contributed by atoms with Gasteiger partial charge in [0, 0.05) is 23.4 Å². The Bertz CT molecular complexity index is 1310. The number of rotatable bonds is 8. The molecule has 7 nitrogen and oxygen atoms in total. The number of nitrogen functional groups attached to an aromatic ring is 1. The molecule has 8 heteroatoms. The van der Waals surface area contributed by atoms with Crippen molar-refractivity contribution in [3.63, 3.8) is 0 Å². The summed E-state index contributed by atoms with van der Waals surface area (Å²) in [5.41, 5.74) is 12.5. The third-order valence-electron chi connectivity index (χ3n) is 6.49. The molecule has 3 aromatic carbocycles. The van der Waals surface area contributed by atoms with Crippen molar-refractivity contribution in [1.29, 1.82) is 0 Å². The molecule has 5 rings (SSSR count). The summed E-state index contributed by atoms with van der Waals surface area (Å²) in [5.74, 6) is -0.0146. The molecule has 0 spiro atoms. The molecule has 36 heavy (non-hydrogen) atoms. The van der Waals surface area contributed by atoms with E-state index in [2.05, 4.69) is 34.6 Å². The van der Waals surface area contributed by atoms with Crippen LogP contribution in [0.4, 0.5) is 9.93 Å². The maximum Gasteiger partial charge on any atom is 0.407 e. The summed E-state index contributed by atoms with van der Waals surface area (Å²) in [6.45, 7) is 0.396. The Balaban J connectivity index is 1.10. The second-order valence-corrected chi connectivity index (χ2v) is 9.64. The van der Waals surface area contributed by atoms with Gasteiger partial charge >= 0.3 is 6.09 Å². The lowest BCUT2D eigenvalue weighted by molar-refractivity contribution is 0.0137. The van der Waals surface area contributed by atoms with E-state index in [4.69, 9.17) is 10.5 Å². The van der Waals surface area contributed by atoms with Crippen LogP contribution in [0, 0.1) is 0 Å². The highest BCUT2D eigenvalue weighted by Gasteiger charge is 2.29. The molecule has 2 atom stereocenters. The Morgan fingerprint density at radius 1 is 1.00 bits per heavy atom. The SMILES string of the molecule is Nc1nc(-c2ccc(C(O)C(O)CCNC(=O)OCC3c4ccccc4-c4ccccc43)cc2)cs1. The quantitative estimate of drug-likeness (QED) is 0.278. The summed E-state index contributed by atoms with van der Waals surface area (Å²) in [7, 11) is 0. The molecule has 1 aliphatic rings. The summed E-state index contributed by atoms with van der Waals surface area (Å²) in [4.78, 5) is 16.6. The Labute approximate surface area is 213 Å². The zero-order valence-corrected chi connectivity index (χ0v) is 20.3. The van der Waals surface area contributed by atoms with Crippen molar-refractivity contribution >= 4 is 22.6 Å². The number of hydrogen-bond donors (Lipinski definition) is 4. The van der Waals surface area contributed by atoms with Gasteiger partial charge in [-0.3, -0.25) is 0 Å². The van der Waals surface area contributed by atoms with Gasteiger partial charge in [0.25, 0.3) is 0 Å². The number of aliphatic hydroxyl groups is 2. The van der Waals surface area contributed by atoms with E-state index in [9.17, 15) is 15.0 Å². The van der Waals surface area contributed by atoms with E-state index in [1.54, 1.807) is 12.1 Å². The van der Waals surface area contributed by atoms with Gasteiger partial charge in [0.15, 0.2) is 5.13 Å². The molecule has 0 bridgehead atoms. The van der Waals surface area contributed by atoms with E-state index in [0.29, 0.717) is 10.7 Å². The van der Waals surface area contributed by atoms with Crippen LogP contribution in [0.5, 0.6) is 0 Å². The van der Waals surface area contributed by atoms with Crippen molar-refractivity contribution < 1.29 is 19.7 Å². The fraction of sp³-hybridized carbons (Fsp3) is 0.214. The number of benzene rings is 3. The van der Waals surface area contributed by atoms with Crippen LogP contribution in [0.3, 0.4) is 0 Å². The number of thiazole rings is 1. The number of nitrogens with two attached hydrogens (primary N) is 1. The molecule has 0 saturated carbocycles. The summed E-state index contributed by atoms with van der Waals surface area (Å²) >= 11 is 1.36. The number of fused-ring (bicyclic) bond motifs is 3. The number of alkyl carbamates (subject to hydrolysis) is 1. The van der Waals surface area contributed by atoms with Crippen LogP contribution in [-0.2, 0) is 4.74 Å². The lowest BCUT2D eigenvalue weighted by Gasteiger charge is -2.19. The molecule has 0 fully saturated rings. The predicted molar refractivity (Wildman–Crippen MR) is 141 cm³/mol. The first kappa shape index (κ1) is 24.0. The molecule has 1 heterocycles. The van der Waals surface area contributed by atoms with Gasteiger partial charge in [-0.15, -0.1) is 11.3 Å². The molecule has 1 aromatic heterocycles. The van der Waals surface area contributed by atoms with Crippen LogP contribution in [0.2, 0.25) is 0 Å². The molecule has 0 aliphatic heterocycles. The van der Waals surface area contributed by atoms with Crippen LogP contribution >= 0.6 is 11.3 Å². The minimum Gasteiger partial charge on any atom is -0.449 e. The number of nitrogens with one attached hydrogen (secondary N) is 1. The first-order chi connectivity index (χ1) is 17.5. The minimum absolute atomic E-state index is 0.0146. The second-order valence-electron chi connectivity index (χ2n) is 8.75. The van der Waals surface area contributed by atoms with Crippen LogP contribution < -0.4 is 11.1 Å². The number of aromatic nitrogens is 1. The summed E-state index contributed by atoms with van der Waals surface area (Å²) in [6, 6.07) is 23.5. The van der Waals surface area contributed by atoms with Crippen molar-refractivity contribution in [2.45, 2.75) is 24.5 Å². The number of ether oxygens (including phenoxy) is 1. The lowest BCUT2D eigenvalue weighted by Crippen LogP contribution is -2.30. The standard InChI is InChI=1S/C28H27N3O4S/c29-27-31-24(16-36-27)17-9-11-18(12-10-17)26(33)25(32)13-14-30-28(34)35-15-23-21-7-3-1-5-19(21)20-6-2-4-8-22(20)23/h1-12,16,23,25-26,32-33H,13-15H2,(H2,29,31)(H,30,34). The fourth-order valence-corrected chi connectivity index (χ4v) is 5.20. The Hall–Kier alpha value is -3.72. The molecular weight excluding hydrogens is 474 g/mol. The molecule has 0 saturated heterocycles. The smallest absolute Gasteiger partial charge is 0.407 e. The Morgan fingerprint density at radius 2 is 1.64 bits per heavy atom. The maximum absolute atomic E-state index is 12.3. The Morgan fingerprint density at radius 3 is 2.25 bits per heavy atom. The monoisotopic (exact) mass is 501 g/mol. The molecule has 1 amide bonds. The number of amides is 1. The van der Waals surface area contributed by atoms with Crippen LogP contribution in [0.25, 0.3) is 22.4 Å². The average Bonchev–Trinajstić information content (AvgIpc) is 3.48. The van der Waals surface area contributed by atoms with E-state index in [1.165, 1.54) is 22.5 Å². The second kappa shape index (κ2) is 10.5. The van der Waals surface area contributed by atoms with Gasteiger partial charge in [-0.05, 0) is 34.2 Å². The lowest BCUT2D eigenvalue weighted by atomic mass is 9.98. The molecule has 4 aromatic rings. The van der Waals surface area contributed by atoms with Crippen LogP contribution in [0.15, 0.2) is 78.2 Å². The van der Waals surface area contributed by atoms with Crippen LogP contribution in [0.1, 0.15) is 35.1 Å². The first-order valence-electron chi connectivity index (χ1n) is 11.8. The van der Waals surface area contributed by atoms with E-state index in [-0.39, 0.29) is 25.5 Å². The van der Waals surface area contributed by atoms with Gasteiger partial charge in [-0.2, -0.15) is 0 Å². The summed E-state index contributed by atoms with van der Waals surface area (Å²) < 4.78 is 5.52. The molecule has 184 valence electrons. The highest BCUT2D eigenvalue weighted by molar-refractivity contribution is 7.13. The predicted octanol–water partition coefficient (Wildman–Crippen LogP) is 4.72. The number of aliphatic hydroxyl groups excluding tert-OH is 2. The van der Waals surface area contributed by atoms with Crippen molar-refractivity contribution in [2.24, 2.45) is 0 Å². The topological polar surface area (TPSA) is 118 Å². The molecular formula is C28H27N3O4S. The highest BCUT2D eigenvalue weighted by Crippen LogP contribution is 2.44. The van der Waals surface area contributed by atoms with Gasteiger partial charge in [-0.1, -0.05) is 72.8 Å². The number of carbonyl (C=O) groups excluding carboxylic acids is 1. The van der Waals surface area contributed by atoms with Crippen molar-refractivity contribution in [3.8, 4) is 22.4 Å². The first-order valence-corrected chi connectivity index (χ1v) is 12.7. The number of carbonyl (C=O) groups is 1. The van der Waals surface area contributed by atoms with Gasteiger partial charge in [0.1, 0.15) is 12.7 Å². The van der Waals surface area contributed by atoms with Gasteiger partial charge in [0.2, 0.25) is 0 Å². The van der Waals surface area contributed by atoms with E-state index >= 15 is 0 Å². The van der Waals surface area contributed by atoms with E-state index < -0.39 is 18.3 Å². The van der Waals surface area contributed by atoms with Crippen molar-refractivity contribution in [1.82, 2.24) is 10.3 Å². The zero-order chi connectivity index (χ0) is 25.1. The van der Waals surface area contributed by atoms with Gasteiger partial charge < -0.3 is 26.0 Å². The highest BCUT2D eigenvalue weighted by atomic mass is 32.1. The molecule has 0 radical (unpaired) electrons. The fourth-order valence-electron chi connectivity index (χ4n) is 4.62. The third kappa shape index (κ3) is 4.97. The zero-order valence-electron chi connectivity index (χ0n) is 19.5. The maximum atomic E-state index is 12.3. The third-order valence-corrected chi connectivity index (χ3v) is 7.16. The summed E-state index contributed by atoms with van der Waals surface area (Å²) in [5, 5.41) is 26.0. The van der Waals surface area contributed by atoms with Gasteiger partial charge in [0.05, 0.1) is 11.8 Å². The average molecular weight is 502 g/mol. The van der Waals surface area contributed by atoms with E-state index in [1.807, 2.05) is 41.8 Å². The largest absolute Gasteiger partial charge is 0.449 e. The van der Waals surface area contributed by atoms with Crippen molar-refractivity contribution in [2.75, 3.05) is 18.9 Å². The Kier molecular flexibility index (Phi) is 6.99. The summed E-state index contributed by atoms with van der Waals surface area (Å²) in [6.07, 6.45) is -2.50. The number of hydrogen-bond acceptors (Lipinski definition) is 7. The number of anilines is 1. The minimum atomic E-state index is -1.08. The van der Waals surface area contributed by atoms with Gasteiger partial charge in [-0.25, -0.2) is 9.78 Å².